The zero-order chi connectivity index (χ0) is 7.14. The number of rotatable bonds is 0. The van der Waals surface area contributed by atoms with E-state index in [1.54, 1.807) is 4.40 Å². The molecule has 0 aliphatic heterocycles. The van der Waals surface area contributed by atoms with Gasteiger partial charge in [0.25, 0.3) is 0 Å². The highest BCUT2D eigenvalue weighted by atomic mass is 16.3. The van der Waals surface area contributed by atoms with Crippen LogP contribution in [0.25, 0.3) is 18.8 Å². The average Bonchev–Trinajstić information content (AvgIpc) is 2.39. The molecule has 0 spiro atoms. The molecule has 0 unspecified atom stereocenters. The monoisotopic (exact) mass is 135 g/mol. The second-order valence-corrected chi connectivity index (χ2v) is 1.94. The van der Waals surface area contributed by atoms with Gasteiger partial charge in [-0.1, -0.05) is 6.58 Å². The van der Waals surface area contributed by atoms with Crippen LogP contribution in [0.3, 0.4) is 0 Å². The fourth-order valence-electron chi connectivity index (χ4n) is 0.845. The number of oxazole rings is 1. The second-order valence-electron chi connectivity index (χ2n) is 1.94. The molecule has 10 heavy (non-hydrogen) atoms. The van der Waals surface area contributed by atoms with Crippen LogP contribution < -0.4 is 11.0 Å². The number of hydrogen-bond donors (Lipinski definition) is 0. The normalized spacial score (nSPS) is 10.8. The first-order valence-electron chi connectivity index (χ1n) is 2.75. The Morgan fingerprint density at radius 2 is 2.30 bits per heavy atom. The lowest BCUT2D eigenvalue weighted by atomic mass is 10.7. The number of hydrogen-bond acceptors (Lipinski definition) is 3. The number of nitrogens with zero attached hydrogens (tertiary/aromatic N) is 3. The molecule has 0 fully saturated rings. The zero-order valence-corrected chi connectivity index (χ0v) is 5.24. The minimum atomic E-state index is 0.502. The van der Waals surface area contributed by atoms with Gasteiger partial charge in [-0.15, -0.1) is 10.2 Å². The second kappa shape index (κ2) is 1.47. The lowest BCUT2D eigenvalue weighted by molar-refractivity contribution is 0.487. The number of fused-ring (bicyclic) bond motifs is 1. The SMILES string of the molecule is C=c1oc(=C)n2cnnc12. The molecule has 2 aromatic rings. The van der Waals surface area contributed by atoms with Gasteiger partial charge in [-0.25, -0.2) is 4.40 Å². The quantitative estimate of drug-likeness (QED) is 0.472. The molecule has 0 radical (unpaired) electrons. The van der Waals surface area contributed by atoms with Gasteiger partial charge in [0.2, 0.25) is 5.65 Å². The van der Waals surface area contributed by atoms with Gasteiger partial charge in [0.05, 0.1) is 0 Å². The van der Waals surface area contributed by atoms with Crippen LogP contribution in [0.5, 0.6) is 0 Å². The standard InChI is InChI=1S/C6H5N3O/c1-4-6-8-7-3-9(6)5(2)10-4/h3H,1-2H2. The van der Waals surface area contributed by atoms with Crippen molar-refractivity contribution in [3.05, 3.63) is 17.3 Å². The van der Waals surface area contributed by atoms with Crippen LogP contribution in [0.15, 0.2) is 10.7 Å². The highest BCUT2D eigenvalue weighted by Crippen LogP contribution is 1.82. The Balaban J connectivity index is 3.28. The molecular formula is C6H5N3O. The van der Waals surface area contributed by atoms with E-state index in [1.807, 2.05) is 0 Å². The molecule has 2 heterocycles. The molecule has 0 bridgehead atoms. The Morgan fingerprint density at radius 3 is 3.00 bits per heavy atom. The highest BCUT2D eigenvalue weighted by Gasteiger charge is 1.98. The van der Waals surface area contributed by atoms with E-state index in [-0.39, 0.29) is 0 Å². The van der Waals surface area contributed by atoms with Crippen LogP contribution in [-0.4, -0.2) is 14.6 Å². The number of aromatic nitrogens is 3. The van der Waals surface area contributed by atoms with E-state index < -0.39 is 0 Å². The molecule has 0 saturated heterocycles. The Kier molecular flexibility index (Phi) is 0.768. The molecule has 50 valence electrons. The summed E-state index contributed by atoms with van der Waals surface area (Å²) in [4.78, 5) is 0. The summed E-state index contributed by atoms with van der Waals surface area (Å²) in [7, 11) is 0. The maximum atomic E-state index is 5.04. The third kappa shape index (κ3) is 0.452. The molecular weight excluding hydrogens is 130 g/mol. The smallest absolute Gasteiger partial charge is 0.206 e. The van der Waals surface area contributed by atoms with E-state index >= 15 is 0 Å². The molecule has 2 rings (SSSR count). The largest absolute Gasteiger partial charge is 0.438 e. The van der Waals surface area contributed by atoms with E-state index in [0.717, 1.165) is 0 Å². The van der Waals surface area contributed by atoms with E-state index in [9.17, 15) is 0 Å². The molecule has 0 amide bonds. The van der Waals surface area contributed by atoms with E-state index in [2.05, 4.69) is 23.4 Å². The fourth-order valence-corrected chi connectivity index (χ4v) is 0.845. The third-order valence-electron chi connectivity index (χ3n) is 1.31. The Hall–Kier alpha value is -1.58. The molecule has 0 saturated carbocycles. The van der Waals surface area contributed by atoms with Crippen LogP contribution >= 0.6 is 0 Å². The third-order valence-corrected chi connectivity index (χ3v) is 1.31. The molecule has 0 aliphatic carbocycles. The highest BCUT2D eigenvalue weighted by molar-refractivity contribution is 5.35. The van der Waals surface area contributed by atoms with E-state index in [1.165, 1.54) is 6.33 Å². The fraction of sp³-hybridized carbons (Fsp3) is 0. The van der Waals surface area contributed by atoms with Gasteiger partial charge in [0.15, 0.2) is 11.0 Å². The maximum Gasteiger partial charge on any atom is 0.206 e. The van der Waals surface area contributed by atoms with Gasteiger partial charge in [0, 0.05) is 0 Å². The van der Waals surface area contributed by atoms with Crippen molar-refractivity contribution < 1.29 is 4.42 Å². The van der Waals surface area contributed by atoms with E-state index in [0.29, 0.717) is 16.6 Å². The summed E-state index contributed by atoms with van der Waals surface area (Å²) in [6.07, 6.45) is 1.54. The van der Waals surface area contributed by atoms with Crippen LogP contribution in [0.2, 0.25) is 0 Å². The van der Waals surface area contributed by atoms with Gasteiger partial charge in [-0.05, 0) is 6.58 Å². The van der Waals surface area contributed by atoms with Gasteiger partial charge < -0.3 is 4.42 Å². The Labute approximate surface area is 56.1 Å². The van der Waals surface area contributed by atoms with Crippen molar-refractivity contribution in [3.63, 3.8) is 0 Å². The van der Waals surface area contributed by atoms with Crippen LogP contribution in [0, 0.1) is 0 Å². The van der Waals surface area contributed by atoms with Crippen LogP contribution in [-0.2, 0) is 0 Å². The first-order chi connectivity index (χ1) is 4.79. The molecule has 0 atom stereocenters. The summed E-state index contributed by atoms with van der Waals surface area (Å²) >= 11 is 0. The van der Waals surface area contributed by atoms with Crippen molar-refractivity contribution in [2.45, 2.75) is 0 Å². The van der Waals surface area contributed by atoms with Crippen LogP contribution in [0.4, 0.5) is 0 Å². The predicted octanol–water partition coefficient (Wildman–Crippen LogP) is -0.857. The maximum absolute atomic E-state index is 5.04. The molecule has 4 heteroatoms. The first-order valence-corrected chi connectivity index (χ1v) is 2.75. The zero-order valence-electron chi connectivity index (χ0n) is 5.24. The molecule has 0 aliphatic rings. The predicted molar refractivity (Wildman–Crippen MR) is 35.5 cm³/mol. The molecule has 2 aromatic heterocycles. The Bertz CT molecular complexity index is 413. The van der Waals surface area contributed by atoms with Crippen molar-refractivity contribution in [3.8, 4) is 0 Å². The topological polar surface area (TPSA) is 43.3 Å². The van der Waals surface area contributed by atoms with Gasteiger partial charge in [-0.3, -0.25) is 0 Å². The van der Waals surface area contributed by atoms with Gasteiger partial charge >= 0.3 is 0 Å². The van der Waals surface area contributed by atoms with Crippen molar-refractivity contribution in [2.75, 3.05) is 0 Å². The van der Waals surface area contributed by atoms with Crippen LogP contribution in [0.1, 0.15) is 0 Å². The van der Waals surface area contributed by atoms with E-state index in [4.69, 9.17) is 4.42 Å². The summed E-state index contributed by atoms with van der Waals surface area (Å²) in [5.41, 5.74) is 1.64. The van der Waals surface area contributed by atoms with Crippen molar-refractivity contribution in [1.29, 1.82) is 0 Å². The van der Waals surface area contributed by atoms with Crippen molar-refractivity contribution >= 4 is 18.8 Å². The minimum Gasteiger partial charge on any atom is -0.438 e. The summed E-state index contributed by atoms with van der Waals surface area (Å²) in [5.74, 6) is 0. The van der Waals surface area contributed by atoms with Gasteiger partial charge in [0.1, 0.15) is 6.33 Å². The van der Waals surface area contributed by atoms with Gasteiger partial charge in [-0.2, -0.15) is 0 Å². The van der Waals surface area contributed by atoms with Crippen molar-refractivity contribution in [1.82, 2.24) is 14.6 Å². The summed E-state index contributed by atoms with van der Waals surface area (Å²) in [6, 6.07) is 0. The summed E-state index contributed by atoms with van der Waals surface area (Å²) in [6.45, 7) is 7.23. The summed E-state index contributed by atoms with van der Waals surface area (Å²) in [5, 5.41) is 7.41. The lowest BCUT2D eigenvalue weighted by Gasteiger charge is -1.70. The Morgan fingerprint density at radius 1 is 1.50 bits per heavy atom. The average molecular weight is 135 g/mol. The van der Waals surface area contributed by atoms with Crippen molar-refractivity contribution in [2.24, 2.45) is 0 Å². The summed E-state index contributed by atoms with van der Waals surface area (Å²) < 4.78 is 6.68. The molecule has 4 nitrogen and oxygen atoms in total. The lowest BCUT2D eigenvalue weighted by Crippen LogP contribution is -2.01. The molecule has 0 N–H and O–H groups in total. The molecule has 0 aromatic carbocycles. The minimum absolute atomic E-state index is 0.502. The first kappa shape index (κ1) is 5.22.